The summed E-state index contributed by atoms with van der Waals surface area (Å²) in [5, 5.41) is 1.26. The number of nitrogens with one attached hydrogen (secondary N) is 1. The van der Waals surface area contributed by atoms with Crippen molar-refractivity contribution in [1.82, 2.24) is 9.97 Å². The summed E-state index contributed by atoms with van der Waals surface area (Å²) in [5.41, 5.74) is 3.21. The molecule has 1 heterocycles. The van der Waals surface area contributed by atoms with E-state index in [-0.39, 0.29) is 12.4 Å². The summed E-state index contributed by atoms with van der Waals surface area (Å²) in [5.74, 6) is 0.807. The van der Waals surface area contributed by atoms with E-state index in [1.54, 1.807) is 0 Å². The van der Waals surface area contributed by atoms with Crippen molar-refractivity contribution in [2.75, 3.05) is 11.9 Å². The van der Waals surface area contributed by atoms with Gasteiger partial charge in [0.2, 0.25) is 5.95 Å². The second kappa shape index (κ2) is 6.25. The minimum Gasteiger partial charge on any atom is -0.328 e. The minimum absolute atomic E-state index is 0. The Kier molecular flexibility index (Phi) is 4.84. The van der Waals surface area contributed by atoms with E-state index in [4.69, 9.17) is 23.2 Å². The van der Waals surface area contributed by atoms with Crippen LogP contribution in [-0.2, 0) is 12.8 Å². The summed E-state index contributed by atoms with van der Waals surface area (Å²) >= 11 is 12.5. The summed E-state index contributed by atoms with van der Waals surface area (Å²) < 4.78 is 0. The molecule has 20 heavy (non-hydrogen) atoms. The molecule has 1 aliphatic rings. The molecule has 0 saturated carbocycles. The number of aryl methyl sites for hydroxylation is 2. The van der Waals surface area contributed by atoms with Gasteiger partial charge < -0.3 is 9.88 Å². The summed E-state index contributed by atoms with van der Waals surface area (Å²) in [6.07, 6.45) is 4.57. The van der Waals surface area contributed by atoms with E-state index < -0.39 is 0 Å². The third kappa shape index (κ3) is 2.76. The summed E-state index contributed by atoms with van der Waals surface area (Å²) in [6.45, 7) is 0. The average molecular weight is 333 g/mol. The van der Waals surface area contributed by atoms with Crippen LogP contribution in [0, 0.1) is 0 Å². The number of aromatic nitrogens is 2. The Hall–Kier alpha value is -0.900. The molecule has 3 rings (SSSR count). The van der Waals surface area contributed by atoms with Gasteiger partial charge in [0.15, 0.2) is 0 Å². The molecular weight excluding hydrogens is 317 g/mol. The minimum atomic E-state index is 0. The molecule has 1 aromatic heterocycles. The van der Waals surface area contributed by atoms with E-state index in [0.717, 1.165) is 24.5 Å². The Morgan fingerprint density at radius 2 is 1.80 bits per heavy atom. The van der Waals surface area contributed by atoms with E-state index in [2.05, 4.69) is 9.97 Å². The molecule has 0 bridgehead atoms. The second-order valence-corrected chi connectivity index (χ2v) is 5.64. The van der Waals surface area contributed by atoms with Crippen molar-refractivity contribution in [3.05, 3.63) is 39.6 Å². The number of imidazole rings is 1. The van der Waals surface area contributed by atoms with Gasteiger partial charge in [0.1, 0.15) is 0 Å². The topological polar surface area (TPSA) is 31.9 Å². The number of rotatable bonds is 2. The maximum atomic E-state index is 6.23. The molecule has 0 atom stereocenters. The highest BCUT2D eigenvalue weighted by atomic mass is 35.5. The lowest BCUT2D eigenvalue weighted by Gasteiger charge is -2.18. The number of H-pyrrole nitrogens is 1. The lowest BCUT2D eigenvalue weighted by Crippen LogP contribution is -2.12. The van der Waals surface area contributed by atoms with Crippen LogP contribution in [-0.4, -0.2) is 17.0 Å². The quantitative estimate of drug-likeness (QED) is 0.858. The van der Waals surface area contributed by atoms with Crippen molar-refractivity contribution < 1.29 is 0 Å². The molecule has 1 N–H and O–H groups in total. The number of hydrogen-bond acceptors (Lipinski definition) is 2. The Morgan fingerprint density at radius 1 is 1.15 bits per heavy atom. The highest BCUT2D eigenvalue weighted by molar-refractivity contribution is 6.39. The molecule has 0 unspecified atom stereocenters. The number of hydrogen-bond donors (Lipinski definition) is 1. The molecule has 1 aromatic carbocycles. The fraction of sp³-hybridized carbons (Fsp3) is 0.357. The van der Waals surface area contributed by atoms with E-state index in [0.29, 0.717) is 10.0 Å². The molecule has 0 aliphatic heterocycles. The zero-order chi connectivity index (χ0) is 13.4. The van der Waals surface area contributed by atoms with Crippen molar-refractivity contribution in [3.63, 3.8) is 0 Å². The van der Waals surface area contributed by atoms with Crippen LogP contribution in [0.25, 0.3) is 0 Å². The second-order valence-electron chi connectivity index (χ2n) is 4.82. The third-order valence-electron chi connectivity index (χ3n) is 3.53. The van der Waals surface area contributed by atoms with Gasteiger partial charge in [-0.1, -0.05) is 29.3 Å². The molecule has 0 saturated heterocycles. The molecule has 0 radical (unpaired) electrons. The predicted octanol–water partition coefficient (Wildman–Crippen LogP) is 4.79. The van der Waals surface area contributed by atoms with Gasteiger partial charge in [0.25, 0.3) is 0 Å². The van der Waals surface area contributed by atoms with Crippen LogP contribution in [0.3, 0.4) is 0 Å². The SMILES string of the molecule is CN(c1nc2c([nH]1)CCCC2)c1c(Cl)cccc1Cl.Cl. The first kappa shape index (κ1) is 15.5. The van der Waals surface area contributed by atoms with Crippen molar-refractivity contribution in [3.8, 4) is 0 Å². The van der Waals surface area contributed by atoms with Gasteiger partial charge >= 0.3 is 0 Å². The molecule has 108 valence electrons. The van der Waals surface area contributed by atoms with E-state index in [9.17, 15) is 0 Å². The van der Waals surface area contributed by atoms with Gasteiger partial charge in [-0.05, 0) is 37.8 Å². The maximum absolute atomic E-state index is 6.23. The zero-order valence-corrected chi connectivity index (χ0v) is 13.4. The molecule has 0 amide bonds. The average Bonchev–Trinajstić information content (AvgIpc) is 2.82. The zero-order valence-electron chi connectivity index (χ0n) is 11.1. The van der Waals surface area contributed by atoms with E-state index in [1.165, 1.54) is 24.2 Å². The monoisotopic (exact) mass is 331 g/mol. The van der Waals surface area contributed by atoms with E-state index >= 15 is 0 Å². The number of aromatic amines is 1. The Labute approximate surface area is 134 Å². The molecule has 2 aromatic rings. The van der Waals surface area contributed by atoms with Crippen LogP contribution >= 0.6 is 35.6 Å². The lowest BCUT2D eigenvalue weighted by molar-refractivity contribution is 0.667. The van der Waals surface area contributed by atoms with Crippen molar-refractivity contribution >= 4 is 47.2 Å². The van der Waals surface area contributed by atoms with Crippen LogP contribution in [0.15, 0.2) is 18.2 Å². The number of fused-ring (bicyclic) bond motifs is 1. The number of benzene rings is 1. The van der Waals surface area contributed by atoms with Gasteiger partial charge in [-0.15, -0.1) is 12.4 Å². The first-order valence-corrected chi connectivity index (χ1v) is 7.18. The van der Waals surface area contributed by atoms with Crippen molar-refractivity contribution in [2.45, 2.75) is 25.7 Å². The fourth-order valence-corrected chi connectivity index (χ4v) is 3.16. The normalized spacial score (nSPS) is 13.6. The fourth-order valence-electron chi connectivity index (χ4n) is 2.51. The van der Waals surface area contributed by atoms with Crippen LogP contribution < -0.4 is 4.90 Å². The third-order valence-corrected chi connectivity index (χ3v) is 4.14. The number of halogens is 3. The van der Waals surface area contributed by atoms with Gasteiger partial charge in [-0.3, -0.25) is 0 Å². The molecule has 1 aliphatic carbocycles. The highest BCUT2D eigenvalue weighted by Gasteiger charge is 2.19. The Balaban J connectivity index is 0.00000147. The van der Waals surface area contributed by atoms with Gasteiger partial charge in [-0.25, -0.2) is 4.98 Å². The maximum Gasteiger partial charge on any atom is 0.207 e. The molecule has 6 heteroatoms. The summed E-state index contributed by atoms with van der Waals surface area (Å²) in [4.78, 5) is 9.97. The number of anilines is 2. The molecule has 0 spiro atoms. The van der Waals surface area contributed by atoms with Crippen LogP contribution in [0.2, 0.25) is 10.0 Å². The molecule has 3 nitrogen and oxygen atoms in total. The van der Waals surface area contributed by atoms with Gasteiger partial charge in [0.05, 0.1) is 21.4 Å². The lowest BCUT2D eigenvalue weighted by atomic mass is 10.0. The number of para-hydroxylation sites is 1. The smallest absolute Gasteiger partial charge is 0.207 e. The largest absolute Gasteiger partial charge is 0.328 e. The van der Waals surface area contributed by atoms with Crippen LogP contribution in [0.1, 0.15) is 24.2 Å². The first-order valence-electron chi connectivity index (χ1n) is 6.42. The standard InChI is InChI=1S/C14H15Cl2N3.ClH/c1-19(13-9(15)5-4-6-10(13)16)14-17-11-7-2-3-8-12(11)18-14;/h4-6H,2-3,7-8H2,1H3,(H,17,18);1H. The van der Waals surface area contributed by atoms with E-state index in [1.807, 2.05) is 30.1 Å². The Morgan fingerprint density at radius 3 is 2.45 bits per heavy atom. The summed E-state index contributed by atoms with van der Waals surface area (Å²) in [6, 6.07) is 5.51. The highest BCUT2D eigenvalue weighted by Crippen LogP contribution is 2.36. The van der Waals surface area contributed by atoms with Crippen LogP contribution in [0.4, 0.5) is 11.6 Å². The van der Waals surface area contributed by atoms with Crippen molar-refractivity contribution in [2.24, 2.45) is 0 Å². The summed E-state index contributed by atoms with van der Waals surface area (Å²) in [7, 11) is 1.93. The van der Waals surface area contributed by atoms with Gasteiger partial charge in [0, 0.05) is 12.7 Å². The Bertz CT molecular complexity index is 566. The molecule has 0 fully saturated rings. The molecular formula is C14H16Cl3N3. The predicted molar refractivity (Wildman–Crippen MR) is 87.0 cm³/mol. The van der Waals surface area contributed by atoms with Crippen LogP contribution in [0.5, 0.6) is 0 Å². The van der Waals surface area contributed by atoms with Gasteiger partial charge in [-0.2, -0.15) is 0 Å². The first-order chi connectivity index (χ1) is 9.16. The number of nitrogens with zero attached hydrogens (tertiary/aromatic N) is 2. The van der Waals surface area contributed by atoms with Crippen molar-refractivity contribution in [1.29, 1.82) is 0 Å².